The van der Waals surface area contributed by atoms with Crippen LogP contribution in [0.5, 0.6) is 0 Å². The Balaban J connectivity index is 2.26. The van der Waals surface area contributed by atoms with Gasteiger partial charge in [0.15, 0.2) is 0 Å². The SMILES string of the molecule is Cc1ccc(C(Cc2c(F)cccc2Cl)NN)s1. The molecule has 1 unspecified atom stereocenters. The summed E-state index contributed by atoms with van der Waals surface area (Å²) in [6, 6.07) is 8.59. The molecule has 0 aliphatic carbocycles. The monoisotopic (exact) mass is 284 g/mol. The average molecular weight is 285 g/mol. The maximum absolute atomic E-state index is 13.7. The summed E-state index contributed by atoms with van der Waals surface area (Å²) >= 11 is 7.66. The van der Waals surface area contributed by atoms with E-state index in [4.69, 9.17) is 17.4 Å². The summed E-state index contributed by atoms with van der Waals surface area (Å²) in [5.41, 5.74) is 3.21. The lowest BCUT2D eigenvalue weighted by Crippen LogP contribution is -2.29. The van der Waals surface area contributed by atoms with E-state index in [1.54, 1.807) is 23.5 Å². The molecule has 18 heavy (non-hydrogen) atoms. The zero-order valence-electron chi connectivity index (χ0n) is 9.91. The molecule has 5 heteroatoms. The van der Waals surface area contributed by atoms with Crippen LogP contribution in [-0.4, -0.2) is 0 Å². The molecule has 1 heterocycles. The molecule has 96 valence electrons. The molecule has 0 spiro atoms. The maximum atomic E-state index is 13.7. The van der Waals surface area contributed by atoms with Crippen molar-refractivity contribution in [2.75, 3.05) is 0 Å². The number of hydrogen-bond donors (Lipinski definition) is 2. The van der Waals surface area contributed by atoms with E-state index >= 15 is 0 Å². The van der Waals surface area contributed by atoms with Gasteiger partial charge < -0.3 is 0 Å². The molecule has 2 nitrogen and oxygen atoms in total. The molecule has 0 saturated heterocycles. The van der Waals surface area contributed by atoms with Crippen molar-refractivity contribution >= 4 is 22.9 Å². The minimum atomic E-state index is -0.295. The zero-order chi connectivity index (χ0) is 13.1. The Morgan fingerprint density at radius 1 is 1.39 bits per heavy atom. The number of aryl methyl sites for hydroxylation is 1. The van der Waals surface area contributed by atoms with Gasteiger partial charge in [0.1, 0.15) is 5.82 Å². The normalized spacial score (nSPS) is 12.7. The second-order valence-corrected chi connectivity index (χ2v) is 5.80. The maximum Gasteiger partial charge on any atom is 0.127 e. The van der Waals surface area contributed by atoms with Crippen molar-refractivity contribution in [3.8, 4) is 0 Å². The first-order chi connectivity index (χ1) is 8.61. The van der Waals surface area contributed by atoms with E-state index in [-0.39, 0.29) is 11.9 Å². The molecule has 0 saturated carbocycles. The highest BCUT2D eigenvalue weighted by Gasteiger charge is 2.16. The van der Waals surface area contributed by atoms with Crippen molar-refractivity contribution in [3.63, 3.8) is 0 Å². The van der Waals surface area contributed by atoms with Crippen LogP contribution < -0.4 is 11.3 Å². The molecule has 0 fully saturated rings. The standard InChI is InChI=1S/C13H14ClFN2S/c1-8-5-6-13(18-8)12(17-16)7-9-10(14)3-2-4-11(9)15/h2-6,12,17H,7,16H2,1H3. The molecule has 2 aromatic rings. The highest BCUT2D eigenvalue weighted by molar-refractivity contribution is 7.12. The van der Waals surface area contributed by atoms with Crippen molar-refractivity contribution in [2.24, 2.45) is 5.84 Å². The van der Waals surface area contributed by atoms with Gasteiger partial charge in [-0.1, -0.05) is 17.7 Å². The fraction of sp³-hybridized carbons (Fsp3) is 0.231. The first kappa shape index (κ1) is 13.5. The van der Waals surface area contributed by atoms with Gasteiger partial charge in [0.25, 0.3) is 0 Å². The number of nitrogens with one attached hydrogen (secondary N) is 1. The summed E-state index contributed by atoms with van der Waals surface area (Å²) in [7, 11) is 0. The summed E-state index contributed by atoms with van der Waals surface area (Å²) in [4.78, 5) is 2.28. The summed E-state index contributed by atoms with van der Waals surface area (Å²) in [6.07, 6.45) is 0.433. The molecule has 0 amide bonds. The predicted octanol–water partition coefficient (Wildman–Crippen LogP) is 3.60. The number of hydrogen-bond acceptors (Lipinski definition) is 3. The lowest BCUT2D eigenvalue weighted by atomic mass is 10.0. The van der Waals surface area contributed by atoms with Gasteiger partial charge in [-0.05, 0) is 37.6 Å². The Hall–Kier alpha value is -0.940. The minimum Gasteiger partial charge on any atom is -0.271 e. The van der Waals surface area contributed by atoms with Crippen LogP contribution in [0.15, 0.2) is 30.3 Å². The lowest BCUT2D eigenvalue weighted by molar-refractivity contribution is 0.535. The van der Waals surface area contributed by atoms with E-state index in [1.165, 1.54) is 10.9 Å². The molecule has 3 N–H and O–H groups in total. The van der Waals surface area contributed by atoms with Crippen LogP contribution in [0.3, 0.4) is 0 Å². The van der Waals surface area contributed by atoms with Crippen LogP contribution in [0.25, 0.3) is 0 Å². The third-order valence-corrected chi connectivity index (χ3v) is 4.24. The van der Waals surface area contributed by atoms with Crippen molar-refractivity contribution in [3.05, 3.63) is 56.5 Å². The third-order valence-electron chi connectivity index (χ3n) is 2.78. The third kappa shape index (κ3) is 2.90. The van der Waals surface area contributed by atoms with Crippen molar-refractivity contribution in [1.29, 1.82) is 0 Å². The van der Waals surface area contributed by atoms with Gasteiger partial charge in [0.05, 0.1) is 6.04 Å². The molecule has 0 bridgehead atoms. The quantitative estimate of drug-likeness (QED) is 0.665. The summed E-state index contributed by atoms with van der Waals surface area (Å²) in [5.74, 6) is 5.26. The van der Waals surface area contributed by atoms with Gasteiger partial charge >= 0.3 is 0 Å². The molecule has 0 radical (unpaired) electrons. The lowest BCUT2D eigenvalue weighted by Gasteiger charge is -2.15. The average Bonchev–Trinajstić information content (AvgIpc) is 2.76. The predicted molar refractivity (Wildman–Crippen MR) is 74.2 cm³/mol. The largest absolute Gasteiger partial charge is 0.271 e. The van der Waals surface area contributed by atoms with E-state index in [0.29, 0.717) is 17.0 Å². The van der Waals surface area contributed by atoms with Gasteiger partial charge in [0, 0.05) is 20.3 Å². The first-order valence-electron chi connectivity index (χ1n) is 5.57. The summed E-state index contributed by atoms with van der Waals surface area (Å²) in [6.45, 7) is 2.03. The van der Waals surface area contributed by atoms with Gasteiger partial charge in [-0.15, -0.1) is 11.3 Å². The van der Waals surface area contributed by atoms with Crippen LogP contribution in [-0.2, 0) is 6.42 Å². The van der Waals surface area contributed by atoms with Gasteiger partial charge in [-0.25, -0.2) is 4.39 Å². The number of thiophene rings is 1. The van der Waals surface area contributed by atoms with Crippen molar-refractivity contribution < 1.29 is 4.39 Å². The van der Waals surface area contributed by atoms with Gasteiger partial charge in [0.2, 0.25) is 0 Å². The Kier molecular flexibility index (Phi) is 4.35. The number of benzene rings is 1. The van der Waals surface area contributed by atoms with Crippen molar-refractivity contribution in [1.82, 2.24) is 5.43 Å². The molecular weight excluding hydrogens is 271 g/mol. The topological polar surface area (TPSA) is 38.0 Å². The van der Waals surface area contributed by atoms with Gasteiger partial charge in [-0.3, -0.25) is 11.3 Å². The Labute approximate surface area is 115 Å². The number of rotatable bonds is 4. The number of hydrazine groups is 1. The number of halogens is 2. The Morgan fingerprint density at radius 3 is 2.72 bits per heavy atom. The molecule has 1 aromatic heterocycles. The van der Waals surface area contributed by atoms with Crippen LogP contribution >= 0.6 is 22.9 Å². The smallest absolute Gasteiger partial charge is 0.127 e. The molecule has 2 rings (SSSR count). The first-order valence-corrected chi connectivity index (χ1v) is 6.76. The zero-order valence-corrected chi connectivity index (χ0v) is 11.5. The second-order valence-electron chi connectivity index (χ2n) is 4.07. The molecular formula is C13H14ClFN2S. The van der Waals surface area contributed by atoms with E-state index in [9.17, 15) is 4.39 Å². The van der Waals surface area contributed by atoms with Crippen LogP contribution in [0, 0.1) is 12.7 Å². The fourth-order valence-electron chi connectivity index (χ4n) is 1.81. The summed E-state index contributed by atoms with van der Waals surface area (Å²) in [5, 5.41) is 0.434. The van der Waals surface area contributed by atoms with E-state index in [1.807, 2.05) is 19.1 Å². The second kappa shape index (κ2) is 5.80. The highest BCUT2D eigenvalue weighted by atomic mass is 35.5. The van der Waals surface area contributed by atoms with Crippen LogP contribution in [0.1, 0.15) is 21.4 Å². The molecule has 0 aliphatic heterocycles. The Morgan fingerprint density at radius 2 is 2.17 bits per heavy atom. The minimum absolute atomic E-state index is 0.127. The highest BCUT2D eigenvalue weighted by Crippen LogP contribution is 2.28. The molecule has 0 aliphatic rings. The summed E-state index contributed by atoms with van der Waals surface area (Å²) < 4.78 is 13.7. The van der Waals surface area contributed by atoms with E-state index < -0.39 is 0 Å². The van der Waals surface area contributed by atoms with Gasteiger partial charge in [-0.2, -0.15) is 0 Å². The van der Waals surface area contributed by atoms with E-state index in [2.05, 4.69) is 5.43 Å². The molecule has 1 aromatic carbocycles. The van der Waals surface area contributed by atoms with Crippen LogP contribution in [0.4, 0.5) is 4.39 Å². The fourth-order valence-corrected chi connectivity index (χ4v) is 2.99. The molecule has 1 atom stereocenters. The van der Waals surface area contributed by atoms with E-state index in [0.717, 1.165) is 4.88 Å². The van der Waals surface area contributed by atoms with Crippen LogP contribution in [0.2, 0.25) is 5.02 Å². The van der Waals surface area contributed by atoms with Crippen molar-refractivity contribution in [2.45, 2.75) is 19.4 Å². The Bertz CT molecular complexity index is 521. The number of nitrogens with two attached hydrogens (primary N) is 1.